The van der Waals surface area contributed by atoms with E-state index in [-0.39, 0.29) is 6.61 Å². The van der Waals surface area contributed by atoms with Gasteiger partial charge in [-0.3, -0.25) is 0 Å². The standard InChI is InChI=1S/C13H16BrNO3/c1-3-17-12-6-9(10(7-15)8-16)5-11(14)13(12)18-4-2/h5-6,10,16H,3-4,8H2,1-2H3. The molecule has 0 aliphatic carbocycles. The Hall–Kier alpha value is -1.25. The predicted molar refractivity (Wildman–Crippen MR) is 71.9 cm³/mol. The molecule has 0 spiro atoms. The Balaban J connectivity index is 3.22. The van der Waals surface area contributed by atoms with Crippen molar-refractivity contribution in [2.45, 2.75) is 19.8 Å². The monoisotopic (exact) mass is 313 g/mol. The highest BCUT2D eigenvalue weighted by Gasteiger charge is 2.16. The number of aliphatic hydroxyl groups is 1. The van der Waals surface area contributed by atoms with Crippen molar-refractivity contribution in [2.75, 3.05) is 19.8 Å². The van der Waals surface area contributed by atoms with Crippen LogP contribution in [0.5, 0.6) is 11.5 Å². The van der Waals surface area contributed by atoms with E-state index in [2.05, 4.69) is 15.9 Å². The average molecular weight is 314 g/mol. The van der Waals surface area contributed by atoms with E-state index in [1.807, 2.05) is 19.9 Å². The molecule has 1 unspecified atom stereocenters. The zero-order chi connectivity index (χ0) is 13.5. The van der Waals surface area contributed by atoms with Crippen LogP contribution >= 0.6 is 15.9 Å². The van der Waals surface area contributed by atoms with Gasteiger partial charge in [0.15, 0.2) is 11.5 Å². The second kappa shape index (κ2) is 7.24. The molecule has 0 radical (unpaired) electrons. The van der Waals surface area contributed by atoms with Gasteiger partial charge in [-0.15, -0.1) is 0 Å². The summed E-state index contributed by atoms with van der Waals surface area (Å²) in [5.41, 5.74) is 0.707. The molecule has 0 aromatic heterocycles. The fourth-order valence-corrected chi connectivity index (χ4v) is 2.13. The van der Waals surface area contributed by atoms with Gasteiger partial charge in [0.05, 0.1) is 36.3 Å². The lowest BCUT2D eigenvalue weighted by molar-refractivity contribution is 0.279. The smallest absolute Gasteiger partial charge is 0.175 e. The maximum absolute atomic E-state index is 9.15. The van der Waals surface area contributed by atoms with E-state index in [4.69, 9.17) is 19.8 Å². The second-order valence-corrected chi connectivity index (χ2v) is 4.41. The first kappa shape index (κ1) is 14.8. The number of aliphatic hydroxyl groups excluding tert-OH is 1. The number of ether oxygens (including phenoxy) is 2. The third-order valence-electron chi connectivity index (χ3n) is 2.36. The van der Waals surface area contributed by atoms with Gasteiger partial charge in [0.2, 0.25) is 0 Å². The van der Waals surface area contributed by atoms with Crippen molar-refractivity contribution in [3.05, 3.63) is 22.2 Å². The Morgan fingerprint density at radius 3 is 2.50 bits per heavy atom. The van der Waals surface area contributed by atoms with E-state index >= 15 is 0 Å². The normalized spacial score (nSPS) is 11.7. The number of hydrogen-bond acceptors (Lipinski definition) is 4. The minimum atomic E-state index is -0.559. The van der Waals surface area contributed by atoms with Gasteiger partial charge in [-0.1, -0.05) is 0 Å². The minimum Gasteiger partial charge on any atom is -0.490 e. The first-order chi connectivity index (χ1) is 8.67. The highest BCUT2D eigenvalue weighted by molar-refractivity contribution is 9.10. The zero-order valence-corrected chi connectivity index (χ0v) is 12.0. The predicted octanol–water partition coefficient (Wildman–Crippen LogP) is 2.85. The van der Waals surface area contributed by atoms with Crippen LogP contribution in [0.15, 0.2) is 16.6 Å². The summed E-state index contributed by atoms with van der Waals surface area (Å²) in [7, 11) is 0. The molecule has 5 heteroatoms. The lowest BCUT2D eigenvalue weighted by atomic mass is 10.0. The maximum atomic E-state index is 9.15. The number of nitriles is 1. The Kier molecular flexibility index (Phi) is 5.96. The van der Waals surface area contributed by atoms with E-state index in [1.165, 1.54) is 0 Å². The third kappa shape index (κ3) is 3.37. The number of nitrogens with zero attached hydrogens (tertiary/aromatic N) is 1. The Bertz CT molecular complexity index is 443. The van der Waals surface area contributed by atoms with Gasteiger partial charge in [-0.25, -0.2) is 0 Å². The third-order valence-corrected chi connectivity index (χ3v) is 2.95. The summed E-state index contributed by atoms with van der Waals surface area (Å²) in [5.74, 6) is 0.645. The van der Waals surface area contributed by atoms with Crippen LogP contribution in [0.3, 0.4) is 0 Å². The Labute approximate surface area is 115 Å². The van der Waals surface area contributed by atoms with Crippen molar-refractivity contribution in [3.63, 3.8) is 0 Å². The molecule has 0 aliphatic heterocycles. The molecule has 1 aromatic carbocycles. The molecular weight excluding hydrogens is 298 g/mol. The molecular formula is C13H16BrNO3. The highest BCUT2D eigenvalue weighted by atomic mass is 79.9. The van der Waals surface area contributed by atoms with Gasteiger partial charge in [-0.05, 0) is 47.5 Å². The quantitative estimate of drug-likeness (QED) is 0.877. The van der Waals surface area contributed by atoms with Crippen molar-refractivity contribution in [1.29, 1.82) is 5.26 Å². The van der Waals surface area contributed by atoms with E-state index in [1.54, 1.807) is 12.1 Å². The lowest BCUT2D eigenvalue weighted by Gasteiger charge is -2.15. The van der Waals surface area contributed by atoms with Gasteiger partial charge in [0.1, 0.15) is 0 Å². The summed E-state index contributed by atoms with van der Waals surface area (Å²) in [5, 5.41) is 18.1. The fourth-order valence-electron chi connectivity index (χ4n) is 1.56. The molecule has 0 fully saturated rings. The van der Waals surface area contributed by atoms with Crippen LogP contribution in [-0.2, 0) is 0 Å². The van der Waals surface area contributed by atoms with Crippen LogP contribution in [0.1, 0.15) is 25.3 Å². The molecule has 18 heavy (non-hydrogen) atoms. The Morgan fingerprint density at radius 2 is 2.00 bits per heavy atom. The Morgan fingerprint density at radius 1 is 1.33 bits per heavy atom. The van der Waals surface area contributed by atoms with Crippen molar-refractivity contribution in [2.24, 2.45) is 0 Å². The molecule has 0 amide bonds. The van der Waals surface area contributed by atoms with Crippen LogP contribution in [-0.4, -0.2) is 24.9 Å². The van der Waals surface area contributed by atoms with E-state index in [0.29, 0.717) is 30.3 Å². The van der Waals surface area contributed by atoms with Crippen LogP contribution in [0, 0.1) is 11.3 Å². The average Bonchev–Trinajstić information content (AvgIpc) is 2.35. The van der Waals surface area contributed by atoms with Crippen molar-refractivity contribution >= 4 is 15.9 Å². The largest absolute Gasteiger partial charge is 0.490 e. The van der Waals surface area contributed by atoms with Crippen molar-refractivity contribution in [3.8, 4) is 17.6 Å². The first-order valence-corrected chi connectivity index (χ1v) is 6.56. The number of hydrogen-bond donors (Lipinski definition) is 1. The lowest BCUT2D eigenvalue weighted by Crippen LogP contribution is -2.04. The van der Waals surface area contributed by atoms with Crippen LogP contribution in [0.2, 0.25) is 0 Å². The van der Waals surface area contributed by atoms with E-state index < -0.39 is 5.92 Å². The molecule has 0 aliphatic rings. The minimum absolute atomic E-state index is 0.220. The topological polar surface area (TPSA) is 62.5 Å². The van der Waals surface area contributed by atoms with E-state index in [9.17, 15) is 0 Å². The van der Waals surface area contributed by atoms with Gasteiger partial charge in [0, 0.05) is 0 Å². The van der Waals surface area contributed by atoms with Gasteiger partial charge >= 0.3 is 0 Å². The SMILES string of the molecule is CCOc1cc(C(C#N)CO)cc(Br)c1OCC. The molecule has 1 rings (SSSR count). The summed E-state index contributed by atoms with van der Waals surface area (Å²) in [6.45, 7) is 4.58. The highest BCUT2D eigenvalue weighted by Crippen LogP contribution is 2.38. The number of rotatable bonds is 6. The summed E-state index contributed by atoms with van der Waals surface area (Å²) in [6, 6.07) is 5.56. The zero-order valence-electron chi connectivity index (χ0n) is 10.4. The van der Waals surface area contributed by atoms with Crippen molar-refractivity contribution < 1.29 is 14.6 Å². The summed E-state index contributed by atoms with van der Waals surface area (Å²) in [4.78, 5) is 0. The molecule has 0 saturated carbocycles. The summed E-state index contributed by atoms with van der Waals surface area (Å²) < 4.78 is 11.7. The second-order valence-electron chi connectivity index (χ2n) is 3.56. The van der Waals surface area contributed by atoms with E-state index in [0.717, 1.165) is 4.47 Å². The first-order valence-electron chi connectivity index (χ1n) is 5.77. The van der Waals surface area contributed by atoms with Crippen LogP contribution < -0.4 is 9.47 Å². The molecule has 1 N–H and O–H groups in total. The van der Waals surface area contributed by atoms with Crippen molar-refractivity contribution in [1.82, 2.24) is 0 Å². The number of benzene rings is 1. The van der Waals surface area contributed by atoms with Crippen LogP contribution in [0.4, 0.5) is 0 Å². The fraction of sp³-hybridized carbons (Fsp3) is 0.462. The maximum Gasteiger partial charge on any atom is 0.175 e. The molecule has 0 saturated heterocycles. The van der Waals surface area contributed by atoms with Gasteiger partial charge in [0.25, 0.3) is 0 Å². The summed E-state index contributed by atoms with van der Waals surface area (Å²) in [6.07, 6.45) is 0. The molecule has 1 atom stereocenters. The molecule has 0 bridgehead atoms. The molecule has 4 nitrogen and oxygen atoms in total. The number of halogens is 1. The van der Waals surface area contributed by atoms with Crippen LogP contribution in [0.25, 0.3) is 0 Å². The van der Waals surface area contributed by atoms with Gasteiger partial charge < -0.3 is 14.6 Å². The molecule has 0 heterocycles. The molecule has 98 valence electrons. The van der Waals surface area contributed by atoms with Gasteiger partial charge in [-0.2, -0.15) is 5.26 Å². The molecule has 1 aromatic rings. The summed E-state index contributed by atoms with van der Waals surface area (Å²) >= 11 is 3.40.